The summed E-state index contributed by atoms with van der Waals surface area (Å²) in [4.78, 5) is 4.72. The summed E-state index contributed by atoms with van der Waals surface area (Å²) in [6.07, 6.45) is 0. The quantitative estimate of drug-likeness (QED) is 0.162. The number of phenolic OH excluding ortho intramolecular Hbond substituents is 2. The van der Waals surface area contributed by atoms with Gasteiger partial charge in [-0.25, -0.2) is 0 Å². The fourth-order valence-electron chi connectivity index (χ4n) is 7.18. The molecule has 55 heavy (non-hydrogen) atoms. The lowest BCUT2D eigenvalue weighted by Gasteiger charge is -2.25. The highest BCUT2D eigenvalue weighted by molar-refractivity contribution is 5.84. The third-order valence-corrected chi connectivity index (χ3v) is 10.1. The average Bonchev–Trinajstić information content (AvgIpc) is 3.24. The van der Waals surface area contributed by atoms with E-state index in [1.54, 1.807) is 0 Å². The molecule has 0 aliphatic carbocycles. The predicted octanol–water partition coefficient (Wildman–Crippen LogP) is 9.13. The largest absolute Gasteiger partial charge is 0.507 e. The van der Waals surface area contributed by atoms with Gasteiger partial charge in [0.05, 0.1) is 39.6 Å². The number of ether oxygens (including phenoxy) is 3. The molecule has 6 aromatic carbocycles. The van der Waals surface area contributed by atoms with E-state index in [9.17, 15) is 10.2 Å². The van der Waals surface area contributed by atoms with E-state index in [4.69, 9.17) is 14.2 Å². The molecule has 282 valence electrons. The van der Waals surface area contributed by atoms with Crippen LogP contribution in [0.5, 0.6) is 11.5 Å². The number of aromatic hydroxyl groups is 2. The van der Waals surface area contributed by atoms with Crippen molar-refractivity contribution >= 4 is 0 Å². The lowest BCUT2D eigenvalue weighted by atomic mass is 9.94. The van der Waals surface area contributed by atoms with Crippen molar-refractivity contribution in [2.75, 3.05) is 65.8 Å². The fourth-order valence-corrected chi connectivity index (χ4v) is 7.18. The molecule has 0 atom stereocenters. The summed E-state index contributed by atoms with van der Waals surface area (Å²) in [6.45, 7) is 7.70. The first-order valence-corrected chi connectivity index (χ1v) is 19.2. The third-order valence-electron chi connectivity index (χ3n) is 10.1. The van der Waals surface area contributed by atoms with Crippen molar-refractivity contribution in [1.29, 1.82) is 0 Å². The molecule has 2 N–H and O–H groups in total. The van der Waals surface area contributed by atoms with Crippen molar-refractivity contribution in [3.05, 3.63) is 157 Å². The van der Waals surface area contributed by atoms with Crippen molar-refractivity contribution in [3.63, 3.8) is 0 Å². The van der Waals surface area contributed by atoms with Crippen LogP contribution in [-0.2, 0) is 27.3 Å². The van der Waals surface area contributed by atoms with Gasteiger partial charge in [0, 0.05) is 61.5 Å². The summed E-state index contributed by atoms with van der Waals surface area (Å²) in [5.74, 6) is 0.573. The maximum absolute atomic E-state index is 11.5. The number of rotatable bonds is 8. The SMILES string of the molecule is Oc1c(-c2ccccc2)cc(CN2CCOCCOCCN(Cc3cc(-c4ccccc4)c(O)c(-c4ccccc4)c3)CCOCC2)cc1-c1ccccc1. The van der Waals surface area contributed by atoms with Gasteiger partial charge in [-0.1, -0.05) is 121 Å². The summed E-state index contributed by atoms with van der Waals surface area (Å²) in [5.41, 5.74) is 9.42. The Balaban J connectivity index is 1.06. The van der Waals surface area contributed by atoms with Gasteiger partial charge in [0.25, 0.3) is 0 Å². The van der Waals surface area contributed by atoms with Gasteiger partial charge in [0.15, 0.2) is 0 Å². The number of phenols is 2. The molecule has 0 bridgehead atoms. The van der Waals surface area contributed by atoms with Gasteiger partial charge in [0.2, 0.25) is 0 Å². The molecule has 1 aliphatic rings. The van der Waals surface area contributed by atoms with E-state index in [1.165, 1.54) is 0 Å². The van der Waals surface area contributed by atoms with Crippen LogP contribution in [0.15, 0.2) is 146 Å². The first-order chi connectivity index (χ1) is 27.1. The molecule has 1 heterocycles. The first-order valence-electron chi connectivity index (χ1n) is 19.2. The van der Waals surface area contributed by atoms with Gasteiger partial charge in [-0.2, -0.15) is 0 Å². The van der Waals surface area contributed by atoms with E-state index >= 15 is 0 Å². The zero-order chi connectivity index (χ0) is 37.7. The molecule has 6 aromatic rings. The van der Waals surface area contributed by atoms with E-state index in [0.29, 0.717) is 52.7 Å². The van der Waals surface area contributed by atoms with Gasteiger partial charge in [0.1, 0.15) is 11.5 Å². The lowest BCUT2D eigenvalue weighted by Crippen LogP contribution is -2.33. The summed E-state index contributed by atoms with van der Waals surface area (Å²) >= 11 is 0. The molecule has 0 aromatic heterocycles. The standard InChI is InChI=1S/C48H50N2O5/c51-47-43(39-13-5-1-6-14-39)31-37(32-44(47)40-15-7-2-8-16-40)35-49-21-25-53-26-22-50(24-28-55-30-29-54-27-23-49)36-38-33-45(41-17-9-3-10-18-41)48(52)46(34-38)42-19-11-4-12-20-42/h1-20,31-34,51-52H,21-30,35-36H2. The molecule has 0 unspecified atom stereocenters. The summed E-state index contributed by atoms with van der Waals surface area (Å²) in [6, 6.07) is 48.7. The van der Waals surface area contributed by atoms with Crippen LogP contribution in [0, 0.1) is 0 Å². The van der Waals surface area contributed by atoms with E-state index in [1.807, 2.05) is 121 Å². The molecule has 7 nitrogen and oxygen atoms in total. The Hall–Kier alpha value is -5.28. The normalized spacial score (nSPS) is 15.6. The highest BCUT2D eigenvalue weighted by atomic mass is 16.5. The monoisotopic (exact) mass is 734 g/mol. The molecule has 0 saturated carbocycles. The second-order valence-corrected chi connectivity index (χ2v) is 13.9. The Morgan fingerprint density at radius 3 is 0.891 bits per heavy atom. The fraction of sp³-hybridized carbons (Fsp3) is 0.250. The lowest BCUT2D eigenvalue weighted by molar-refractivity contribution is 0.0311. The Morgan fingerprint density at radius 2 is 0.618 bits per heavy atom. The predicted molar refractivity (Wildman–Crippen MR) is 221 cm³/mol. The smallest absolute Gasteiger partial charge is 0.131 e. The van der Waals surface area contributed by atoms with Crippen molar-refractivity contribution < 1.29 is 24.4 Å². The van der Waals surface area contributed by atoms with E-state index < -0.39 is 0 Å². The second kappa shape index (κ2) is 19.4. The topological polar surface area (TPSA) is 74.6 Å². The Morgan fingerprint density at radius 1 is 0.364 bits per heavy atom. The zero-order valence-corrected chi connectivity index (χ0v) is 31.4. The number of hydrogen-bond acceptors (Lipinski definition) is 7. The highest BCUT2D eigenvalue weighted by Gasteiger charge is 2.18. The molecular weight excluding hydrogens is 685 g/mol. The van der Waals surface area contributed by atoms with E-state index in [-0.39, 0.29) is 11.5 Å². The minimum atomic E-state index is 0.286. The Kier molecular flexibility index (Phi) is 13.4. The summed E-state index contributed by atoms with van der Waals surface area (Å²) < 4.78 is 18.4. The molecule has 0 radical (unpaired) electrons. The van der Waals surface area contributed by atoms with Crippen molar-refractivity contribution in [1.82, 2.24) is 9.80 Å². The molecular formula is C48H50N2O5. The van der Waals surface area contributed by atoms with Crippen LogP contribution in [-0.4, -0.2) is 85.8 Å². The average molecular weight is 735 g/mol. The van der Waals surface area contributed by atoms with Crippen LogP contribution in [0.4, 0.5) is 0 Å². The molecule has 1 fully saturated rings. The highest BCUT2D eigenvalue weighted by Crippen LogP contribution is 2.41. The Bertz CT molecular complexity index is 1810. The van der Waals surface area contributed by atoms with E-state index in [2.05, 4.69) is 34.1 Å². The molecule has 7 rings (SSSR count). The number of nitrogens with zero attached hydrogens (tertiary/aromatic N) is 2. The maximum atomic E-state index is 11.5. The van der Waals surface area contributed by atoms with Crippen LogP contribution in [0.3, 0.4) is 0 Å². The van der Waals surface area contributed by atoms with Crippen molar-refractivity contribution in [2.24, 2.45) is 0 Å². The number of benzene rings is 6. The van der Waals surface area contributed by atoms with Crippen molar-refractivity contribution in [3.8, 4) is 56.0 Å². The van der Waals surface area contributed by atoms with Gasteiger partial charge < -0.3 is 24.4 Å². The van der Waals surface area contributed by atoms with Crippen LogP contribution >= 0.6 is 0 Å². The third kappa shape index (κ3) is 10.3. The summed E-state index contributed by atoms with van der Waals surface area (Å²) in [7, 11) is 0. The van der Waals surface area contributed by atoms with E-state index in [0.717, 1.165) is 81.8 Å². The van der Waals surface area contributed by atoms with Crippen LogP contribution in [0.25, 0.3) is 44.5 Å². The van der Waals surface area contributed by atoms with Gasteiger partial charge in [-0.3, -0.25) is 9.80 Å². The summed E-state index contributed by atoms with van der Waals surface area (Å²) in [5, 5.41) is 23.0. The van der Waals surface area contributed by atoms with Crippen LogP contribution < -0.4 is 0 Å². The molecule has 0 spiro atoms. The van der Waals surface area contributed by atoms with Crippen LogP contribution in [0.2, 0.25) is 0 Å². The van der Waals surface area contributed by atoms with Gasteiger partial charge >= 0.3 is 0 Å². The minimum Gasteiger partial charge on any atom is -0.507 e. The molecule has 0 amide bonds. The maximum Gasteiger partial charge on any atom is 0.131 e. The first kappa shape index (κ1) is 38.0. The molecule has 1 aliphatic heterocycles. The molecule has 1 saturated heterocycles. The molecule has 7 heteroatoms. The van der Waals surface area contributed by atoms with Gasteiger partial charge in [-0.05, 0) is 57.6 Å². The van der Waals surface area contributed by atoms with Crippen LogP contribution in [0.1, 0.15) is 11.1 Å². The number of hydrogen-bond donors (Lipinski definition) is 2. The Labute approximate surface area is 325 Å². The minimum absolute atomic E-state index is 0.286. The van der Waals surface area contributed by atoms with Gasteiger partial charge in [-0.15, -0.1) is 0 Å². The van der Waals surface area contributed by atoms with Crippen molar-refractivity contribution in [2.45, 2.75) is 13.1 Å². The second-order valence-electron chi connectivity index (χ2n) is 13.9. The zero-order valence-electron chi connectivity index (χ0n) is 31.4.